The van der Waals surface area contributed by atoms with Crippen LogP contribution >= 0.6 is 0 Å². The molecule has 0 aliphatic heterocycles. The van der Waals surface area contributed by atoms with Gasteiger partial charge >= 0.3 is 0 Å². The second-order valence-electron chi connectivity index (χ2n) is 9.58. The number of benzene rings is 1. The highest BCUT2D eigenvalue weighted by molar-refractivity contribution is 5.66. The second-order valence-corrected chi connectivity index (χ2v) is 9.58. The Bertz CT molecular complexity index is 707. The van der Waals surface area contributed by atoms with Crippen LogP contribution in [0.2, 0.25) is 0 Å². The first-order chi connectivity index (χ1) is 10.8. The lowest BCUT2D eigenvalue weighted by Gasteiger charge is -2.30. The van der Waals surface area contributed by atoms with E-state index in [2.05, 4.69) is 81.4 Å². The van der Waals surface area contributed by atoms with Gasteiger partial charge in [-0.25, -0.2) is 0 Å². The molecule has 0 amide bonds. The van der Waals surface area contributed by atoms with Crippen LogP contribution in [-0.2, 0) is 10.8 Å². The molecule has 0 bridgehead atoms. The molecule has 1 aliphatic carbocycles. The van der Waals surface area contributed by atoms with Gasteiger partial charge in [-0.05, 0) is 66.4 Å². The highest BCUT2D eigenvalue weighted by Gasteiger charge is 2.31. The van der Waals surface area contributed by atoms with Gasteiger partial charge in [0.15, 0.2) is 0 Å². The van der Waals surface area contributed by atoms with Crippen LogP contribution in [0.3, 0.4) is 0 Å². The number of rotatable bonds is 1. The number of allylic oxidation sites excluding steroid dienone is 4. The fourth-order valence-corrected chi connectivity index (χ4v) is 3.78. The van der Waals surface area contributed by atoms with Crippen molar-refractivity contribution in [1.29, 1.82) is 0 Å². The third-order valence-electron chi connectivity index (χ3n) is 5.81. The Labute approximate surface area is 149 Å². The molecule has 1 aromatic rings. The highest BCUT2D eigenvalue weighted by atomic mass is 14.6. The molecule has 1 aromatic carbocycles. The quantitative estimate of drug-likeness (QED) is 0.576. The molecule has 24 heavy (non-hydrogen) atoms. The molecule has 0 atom stereocenters. The molecular weight excluding hydrogens is 290 g/mol. The fraction of sp³-hybridized carbons (Fsp3) is 0.565. The summed E-state index contributed by atoms with van der Waals surface area (Å²) in [6, 6.07) is 4.68. The van der Waals surface area contributed by atoms with Crippen LogP contribution in [-0.4, -0.2) is 0 Å². The summed E-state index contributed by atoms with van der Waals surface area (Å²) in [5.41, 5.74) is 17.5. The Kier molecular flexibility index (Phi) is 4.54. The van der Waals surface area contributed by atoms with E-state index in [0.717, 1.165) is 5.69 Å². The van der Waals surface area contributed by atoms with E-state index >= 15 is 0 Å². The molecule has 0 unspecified atom stereocenters. The van der Waals surface area contributed by atoms with E-state index < -0.39 is 0 Å². The second kappa shape index (κ2) is 5.79. The van der Waals surface area contributed by atoms with Gasteiger partial charge in [-0.3, -0.25) is 0 Å². The van der Waals surface area contributed by atoms with Crippen LogP contribution in [0.1, 0.15) is 91.8 Å². The Morgan fingerprint density at radius 3 is 1.58 bits per heavy atom. The zero-order chi connectivity index (χ0) is 18.6. The topological polar surface area (TPSA) is 26.0 Å². The van der Waals surface area contributed by atoms with Crippen LogP contribution < -0.4 is 5.73 Å². The van der Waals surface area contributed by atoms with E-state index in [9.17, 15) is 0 Å². The van der Waals surface area contributed by atoms with Crippen molar-refractivity contribution in [1.82, 2.24) is 0 Å². The lowest BCUT2D eigenvalue weighted by molar-refractivity contribution is 0.568. The van der Waals surface area contributed by atoms with E-state index in [1.165, 1.54) is 39.0 Å². The summed E-state index contributed by atoms with van der Waals surface area (Å²) >= 11 is 0. The molecule has 2 N–H and O–H groups in total. The third-order valence-corrected chi connectivity index (χ3v) is 5.81. The maximum atomic E-state index is 6.73. The first-order valence-electron chi connectivity index (χ1n) is 9.06. The van der Waals surface area contributed by atoms with Crippen molar-refractivity contribution in [2.75, 3.05) is 5.73 Å². The summed E-state index contributed by atoms with van der Waals surface area (Å²) in [6.07, 6.45) is 0. The SMILES string of the molecule is CC1=C(C)C(c2cc(C(C)(C)C)cc(C(C)(C)C)c2N)C(C)=C1C. The van der Waals surface area contributed by atoms with Gasteiger partial charge < -0.3 is 5.73 Å². The fourth-order valence-electron chi connectivity index (χ4n) is 3.78. The molecule has 0 saturated carbocycles. The molecule has 0 aromatic heterocycles. The molecule has 0 heterocycles. The Morgan fingerprint density at radius 2 is 1.21 bits per heavy atom. The van der Waals surface area contributed by atoms with E-state index in [4.69, 9.17) is 5.73 Å². The molecule has 2 rings (SSSR count). The highest BCUT2D eigenvalue weighted by Crippen LogP contribution is 2.47. The first kappa shape index (κ1) is 18.8. The summed E-state index contributed by atoms with van der Waals surface area (Å²) in [6.45, 7) is 22.6. The lowest BCUT2D eigenvalue weighted by atomic mass is 9.75. The van der Waals surface area contributed by atoms with Crippen molar-refractivity contribution in [3.63, 3.8) is 0 Å². The molecular formula is C23H35N. The van der Waals surface area contributed by atoms with Gasteiger partial charge in [0.25, 0.3) is 0 Å². The Morgan fingerprint density at radius 1 is 0.750 bits per heavy atom. The van der Waals surface area contributed by atoms with Gasteiger partial charge in [0.1, 0.15) is 0 Å². The largest absolute Gasteiger partial charge is 0.398 e. The van der Waals surface area contributed by atoms with Crippen molar-refractivity contribution in [2.24, 2.45) is 0 Å². The van der Waals surface area contributed by atoms with E-state index in [1.807, 2.05) is 0 Å². The molecule has 0 spiro atoms. The van der Waals surface area contributed by atoms with Crippen LogP contribution in [0.15, 0.2) is 34.4 Å². The van der Waals surface area contributed by atoms with Gasteiger partial charge in [-0.1, -0.05) is 64.8 Å². The number of nitrogens with two attached hydrogens (primary N) is 1. The first-order valence-corrected chi connectivity index (χ1v) is 9.06. The van der Waals surface area contributed by atoms with Crippen molar-refractivity contribution in [2.45, 2.75) is 86.0 Å². The molecule has 1 nitrogen and oxygen atoms in total. The summed E-state index contributed by atoms with van der Waals surface area (Å²) in [5, 5.41) is 0. The van der Waals surface area contributed by atoms with E-state index in [1.54, 1.807) is 0 Å². The smallest absolute Gasteiger partial charge is 0.0394 e. The molecule has 132 valence electrons. The average Bonchev–Trinajstić information content (AvgIpc) is 2.61. The van der Waals surface area contributed by atoms with Gasteiger partial charge in [0.05, 0.1) is 0 Å². The summed E-state index contributed by atoms with van der Waals surface area (Å²) in [4.78, 5) is 0. The molecule has 0 fully saturated rings. The minimum Gasteiger partial charge on any atom is -0.398 e. The Hall–Kier alpha value is -1.50. The summed E-state index contributed by atoms with van der Waals surface area (Å²) in [7, 11) is 0. The van der Waals surface area contributed by atoms with Crippen molar-refractivity contribution < 1.29 is 0 Å². The predicted octanol–water partition coefficient (Wildman–Crippen LogP) is 6.63. The van der Waals surface area contributed by atoms with Crippen LogP contribution in [0.4, 0.5) is 5.69 Å². The van der Waals surface area contributed by atoms with E-state index in [0.29, 0.717) is 5.92 Å². The maximum Gasteiger partial charge on any atom is 0.0394 e. The normalized spacial score (nSPS) is 17.2. The number of hydrogen-bond acceptors (Lipinski definition) is 1. The van der Waals surface area contributed by atoms with Gasteiger partial charge in [0.2, 0.25) is 0 Å². The third kappa shape index (κ3) is 3.06. The molecule has 1 heteroatoms. The number of anilines is 1. The predicted molar refractivity (Wildman–Crippen MR) is 108 cm³/mol. The minimum atomic E-state index is 0.0397. The lowest BCUT2D eigenvalue weighted by Crippen LogP contribution is -2.20. The van der Waals surface area contributed by atoms with Crippen molar-refractivity contribution in [3.8, 4) is 0 Å². The van der Waals surface area contributed by atoms with Crippen molar-refractivity contribution in [3.05, 3.63) is 51.1 Å². The van der Waals surface area contributed by atoms with Crippen LogP contribution in [0, 0.1) is 0 Å². The summed E-state index contributed by atoms with van der Waals surface area (Å²) < 4.78 is 0. The average molecular weight is 326 g/mol. The molecule has 1 aliphatic rings. The maximum absolute atomic E-state index is 6.73. The zero-order valence-electron chi connectivity index (χ0n) is 17.3. The van der Waals surface area contributed by atoms with Gasteiger partial charge in [-0.15, -0.1) is 0 Å². The number of hydrogen-bond donors (Lipinski definition) is 1. The van der Waals surface area contributed by atoms with Crippen molar-refractivity contribution >= 4 is 5.69 Å². The minimum absolute atomic E-state index is 0.0397. The Balaban J connectivity index is 2.81. The van der Waals surface area contributed by atoms with E-state index in [-0.39, 0.29) is 10.8 Å². The van der Waals surface area contributed by atoms with Gasteiger partial charge in [0, 0.05) is 11.6 Å². The number of nitrogen functional groups attached to an aromatic ring is 1. The van der Waals surface area contributed by atoms with Crippen LogP contribution in [0.5, 0.6) is 0 Å². The zero-order valence-corrected chi connectivity index (χ0v) is 17.3. The van der Waals surface area contributed by atoms with Crippen LogP contribution in [0.25, 0.3) is 0 Å². The molecule has 0 radical (unpaired) electrons. The standard InChI is InChI=1S/C23H35N/c1-13-14(2)16(4)20(15(13)3)18-11-17(22(5,6)7)12-19(21(18)24)23(8,9)10/h11-12,20H,24H2,1-10H3. The van der Waals surface area contributed by atoms with Gasteiger partial charge in [-0.2, -0.15) is 0 Å². The summed E-state index contributed by atoms with van der Waals surface area (Å²) in [5.74, 6) is 0.327. The monoisotopic (exact) mass is 325 g/mol. The molecule has 0 saturated heterocycles.